The molecule has 0 bridgehead atoms. The van der Waals surface area contributed by atoms with E-state index < -0.39 is 10.9 Å². The standard InChI is InChI=1S/C13H16N2O5/c1-8-10(4-5-20-8)7-14-11-3-2-9(13(16)17)6-12(11)15(18)19/h2-3,6,8,10,14H,4-5,7H2,1H3,(H,16,17). The molecule has 0 saturated carbocycles. The number of nitrogens with zero attached hydrogens (tertiary/aromatic N) is 1. The lowest BCUT2D eigenvalue weighted by Crippen LogP contribution is -2.21. The first-order chi connectivity index (χ1) is 9.49. The molecule has 1 fully saturated rings. The monoisotopic (exact) mass is 280 g/mol. The summed E-state index contributed by atoms with van der Waals surface area (Å²) in [7, 11) is 0. The minimum Gasteiger partial charge on any atom is -0.478 e. The van der Waals surface area contributed by atoms with Gasteiger partial charge < -0.3 is 15.2 Å². The molecule has 1 aromatic carbocycles. The van der Waals surface area contributed by atoms with Crippen molar-refractivity contribution < 1.29 is 19.6 Å². The van der Waals surface area contributed by atoms with Gasteiger partial charge in [0, 0.05) is 25.1 Å². The Balaban J connectivity index is 2.14. The number of rotatable bonds is 5. The minimum absolute atomic E-state index is 0.0974. The first kappa shape index (κ1) is 14.3. The number of hydrogen-bond acceptors (Lipinski definition) is 5. The van der Waals surface area contributed by atoms with Crippen molar-refractivity contribution in [2.75, 3.05) is 18.5 Å². The molecule has 2 N–H and O–H groups in total. The van der Waals surface area contributed by atoms with Crippen molar-refractivity contribution in [3.63, 3.8) is 0 Å². The highest BCUT2D eigenvalue weighted by Crippen LogP contribution is 2.27. The van der Waals surface area contributed by atoms with E-state index in [2.05, 4.69) is 5.32 Å². The molecule has 0 amide bonds. The lowest BCUT2D eigenvalue weighted by atomic mass is 10.0. The summed E-state index contributed by atoms with van der Waals surface area (Å²) in [6.07, 6.45) is 1.04. The summed E-state index contributed by atoms with van der Waals surface area (Å²) in [6.45, 7) is 3.24. The summed E-state index contributed by atoms with van der Waals surface area (Å²) in [5.74, 6) is -0.883. The molecule has 0 aromatic heterocycles. The number of carboxylic acids is 1. The molecule has 1 aliphatic rings. The maximum absolute atomic E-state index is 11.0. The molecule has 0 radical (unpaired) electrons. The quantitative estimate of drug-likeness (QED) is 0.632. The van der Waals surface area contributed by atoms with E-state index in [1.165, 1.54) is 12.1 Å². The fourth-order valence-electron chi connectivity index (χ4n) is 2.25. The van der Waals surface area contributed by atoms with Crippen molar-refractivity contribution in [1.29, 1.82) is 0 Å². The van der Waals surface area contributed by atoms with Crippen LogP contribution in [-0.2, 0) is 4.74 Å². The van der Waals surface area contributed by atoms with Crippen molar-refractivity contribution in [1.82, 2.24) is 0 Å². The SMILES string of the molecule is CC1OCCC1CNc1ccc(C(=O)O)cc1[N+](=O)[O-]. The van der Waals surface area contributed by atoms with Crippen LogP contribution < -0.4 is 5.32 Å². The van der Waals surface area contributed by atoms with E-state index >= 15 is 0 Å². The first-order valence-corrected chi connectivity index (χ1v) is 6.36. The molecule has 108 valence electrons. The normalized spacial score (nSPS) is 21.6. The number of carboxylic acid groups (broad SMARTS) is 1. The van der Waals surface area contributed by atoms with E-state index in [1.54, 1.807) is 0 Å². The summed E-state index contributed by atoms with van der Waals surface area (Å²) >= 11 is 0. The lowest BCUT2D eigenvalue weighted by molar-refractivity contribution is -0.384. The highest BCUT2D eigenvalue weighted by Gasteiger charge is 2.25. The maximum atomic E-state index is 11.0. The van der Waals surface area contributed by atoms with Crippen LogP contribution >= 0.6 is 0 Å². The third kappa shape index (κ3) is 3.05. The molecular formula is C13H16N2O5. The average Bonchev–Trinajstić information content (AvgIpc) is 2.81. The summed E-state index contributed by atoms with van der Waals surface area (Å²) < 4.78 is 5.43. The Kier molecular flexibility index (Phi) is 4.19. The Morgan fingerprint density at radius 1 is 1.60 bits per heavy atom. The van der Waals surface area contributed by atoms with E-state index in [9.17, 15) is 14.9 Å². The van der Waals surface area contributed by atoms with Crippen molar-refractivity contribution in [3.05, 3.63) is 33.9 Å². The highest BCUT2D eigenvalue weighted by atomic mass is 16.6. The van der Waals surface area contributed by atoms with Gasteiger partial charge in [-0.05, 0) is 25.5 Å². The molecule has 0 spiro atoms. The Morgan fingerprint density at radius 3 is 2.90 bits per heavy atom. The van der Waals surface area contributed by atoms with Crippen LogP contribution in [0.2, 0.25) is 0 Å². The second kappa shape index (κ2) is 5.87. The average molecular weight is 280 g/mol. The third-order valence-electron chi connectivity index (χ3n) is 3.53. The summed E-state index contributed by atoms with van der Waals surface area (Å²) in [5.41, 5.74) is 0.00962. The number of carbonyl (C=O) groups is 1. The topological polar surface area (TPSA) is 102 Å². The number of nitro benzene ring substituents is 1. The highest BCUT2D eigenvalue weighted by molar-refractivity contribution is 5.89. The van der Waals surface area contributed by atoms with Gasteiger partial charge in [0.05, 0.1) is 16.6 Å². The summed E-state index contributed by atoms with van der Waals surface area (Å²) in [6, 6.07) is 3.85. The number of benzene rings is 1. The van der Waals surface area contributed by atoms with Gasteiger partial charge in [-0.3, -0.25) is 10.1 Å². The number of aromatic carboxylic acids is 1. The zero-order valence-corrected chi connectivity index (χ0v) is 11.0. The zero-order valence-electron chi connectivity index (χ0n) is 11.0. The summed E-state index contributed by atoms with van der Waals surface area (Å²) in [4.78, 5) is 21.3. The fraction of sp³-hybridized carbons (Fsp3) is 0.462. The molecule has 20 heavy (non-hydrogen) atoms. The molecule has 1 saturated heterocycles. The smallest absolute Gasteiger partial charge is 0.335 e. The van der Waals surface area contributed by atoms with Gasteiger partial charge in [-0.1, -0.05) is 0 Å². The molecule has 0 aliphatic carbocycles. The Bertz CT molecular complexity index is 531. The Hall–Kier alpha value is -2.15. The number of ether oxygens (including phenoxy) is 1. The molecule has 1 heterocycles. The van der Waals surface area contributed by atoms with Crippen LogP contribution in [0.5, 0.6) is 0 Å². The zero-order chi connectivity index (χ0) is 14.7. The van der Waals surface area contributed by atoms with Gasteiger partial charge in [-0.2, -0.15) is 0 Å². The van der Waals surface area contributed by atoms with Crippen LogP contribution in [0.1, 0.15) is 23.7 Å². The molecular weight excluding hydrogens is 264 g/mol. The fourth-order valence-corrected chi connectivity index (χ4v) is 2.25. The molecule has 1 aromatic rings. The predicted molar refractivity (Wildman–Crippen MR) is 72.1 cm³/mol. The van der Waals surface area contributed by atoms with Crippen LogP contribution in [0.25, 0.3) is 0 Å². The van der Waals surface area contributed by atoms with E-state index in [-0.39, 0.29) is 17.4 Å². The van der Waals surface area contributed by atoms with Gasteiger partial charge in [0.1, 0.15) is 5.69 Å². The number of anilines is 1. The van der Waals surface area contributed by atoms with Crippen LogP contribution in [0, 0.1) is 16.0 Å². The molecule has 2 rings (SSSR count). The second-order valence-corrected chi connectivity index (χ2v) is 4.80. The second-order valence-electron chi connectivity index (χ2n) is 4.80. The summed E-state index contributed by atoms with van der Waals surface area (Å²) in [5, 5.41) is 22.9. The van der Waals surface area contributed by atoms with Gasteiger partial charge in [0.15, 0.2) is 0 Å². The van der Waals surface area contributed by atoms with E-state index in [0.29, 0.717) is 24.8 Å². The van der Waals surface area contributed by atoms with Gasteiger partial charge in [-0.15, -0.1) is 0 Å². The van der Waals surface area contributed by atoms with Gasteiger partial charge in [0.25, 0.3) is 5.69 Å². The van der Waals surface area contributed by atoms with Gasteiger partial charge >= 0.3 is 5.97 Å². The van der Waals surface area contributed by atoms with Crippen LogP contribution in [0.15, 0.2) is 18.2 Å². The van der Waals surface area contributed by atoms with Gasteiger partial charge in [-0.25, -0.2) is 4.79 Å². The maximum Gasteiger partial charge on any atom is 0.335 e. The third-order valence-corrected chi connectivity index (χ3v) is 3.53. The minimum atomic E-state index is -1.18. The van der Waals surface area contributed by atoms with Crippen molar-refractivity contribution in [2.24, 2.45) is 5.92 Å². The van der Waals surface area contributed by atoms with Crippen LogP contribution in [0.3, 0.4) is 0 Å². The number of nitrogens with one attached hydrogen (secondary N) is 1. The largest absolute Gasteiger partial charge is 0.478 e. The predicted octanol–water partition coefficient (Wildman–Crippen LogP) is 2.13. The van der Waals surface area contributed by atoms with E-state index in [4.69, 9.17) is 9.84 Å². The first-order valence-electron chi connectivity index (χ1n) is 6.36. The van der Waals surface area contributed by atoms with Crippen LogP contribution in [0.4, 0.5) is 11.4 Å². The molecule has 1 aliphatic heterocycles. The van der Waals surface area contributed by atoms with E-state index in [1.807, 2.05) is 6.92 Å². The lowest BCUT2D eigenvalue weighted by Gasteiger charge is -2.15. The van der Waals surface area contributed by atoms with Gasteiger partial charge in [0.2, 0.25) is 0 Å². The number of hydrogen-bond donors (Lipinski definition) is 2. The Morgan fingerprint density at radius 2 is 2.35 bits per heavy atom. The molecule has 7 heteroatoms. The van der Waals surface area contributed by atoms with E-state index in [0.717, 1.165) is 12.5 Å². The molecule has 2 atom stereocenters. The van der Waals surface area contributed by atoms with Crippen molar-refractivity contribution in [2.45, 2.75) is 19.4 Å². The van der Waals surface area contributed by atoms with Crippen molar-refractivity contribution in [3.8, 4) is 0 Å². The molecule has 7 nitrogen and oxygen atoms in total. The Labute approximate surface area is 115 Å². The van der Waals surface area contributed by atoms with Crippen molar-refractivity contribution >= 4 is 17.3 Å². The van der Waals surface area contributed by atoms with Crippen LogP contribution in [-0.4, -0.2) is 35.3 Å². The molecule has 2 unspecified atom stereocenters. The number of nitro groups is 1.